The molecule has 0 spiro atoms. The van der Waals surface area contributed by atoms with Crippen molar-refractivity contribution >= 4 is 17.7 Å². The monoisotopic (exact) mass is 357 g/mol. The van der Waals surface area contributed by atoms with E-state index in [1.807, 2.05) is 0 Å². The van der Waals surface area contributed by atoms with Gasteiger partial charge in [0, 0.05) is 10.4 Å². The van der Waals surface area contributed by atoms with E-state index in [1.54, 1.807) is 6.07 Å². The smallest absolute Gasteiger partial charge is 0.406 e. The van der Waals surface area contributed by atoms with Gasteiger partial charge in [0.1, 0.15) is 5.75 Å². The first-order valence-corrected chi connectivity index (χ1v) is 8.68. The fourth-order valence-electron chi connectivity index (χ4n) is 3.24. The number of benzene rings is 1. The fraction of sp³-hybridized carbons (Fsp3) is 0.471. The number of halogens is 3. The Morgan fingerprint density at radius 1 is 1.29 bits per heavy atom. The summed E-state index contributed by atoms with van der Waals surface area (Å²) in [6.45, 7) is 4.11. The minimum Gasteiger partial charge on any atom is -0.406 e. The Labute approximate surface area is 142 Å². The Bertz CT molecular complexity index is 708. The molecule has 0 fully saturated rings. The SMILES string of the molecule is CCC1(CC)CC2=C(Sc3cc(OC(F)(F)F)ccc3C2)C(=O)N1. The van der Waals surface area contributed by atoms with E-state index in [0.29, 0.717) is 16.2 Å². The Morgan fingerprint density at radius 2 is 2.00 bits per heavy atom. The number of rotatable bonds is 3. The molecule has 130 valence electrons. The van der Waals surface area contributed by atoms with Crippen molar-refractivity contribution < 1.29 is 22.7 Å². The molecule has 1 aromatic carbocycles. The van der Waals surface area contributed by atoms with Gasteiger partial charge in [0.25, 0.3) is 5.91 Å². The molecule has 3 rings (SSSR count). The minimum atomic E-state index is -4.72. The second kappa shape index (κ2) is 6.02. The summed E-state index contributed by atoms with van der Waals surface area (Å²) in [6, 6.07) is 4.33. The van der Waals surface area contributed by atoms with Crippen LogP contribution in [-0.2, 0) is 11.2 Å². The van der Waals surface area contributed by atoms with Crippen LogP contribution in [0.3, 0.4) is 0 Å². The molecule has 1 aromatic rings. The van der Waals surface area contributed by atoms with E-state index in [1.165, 1.54) is 23.9 Å². The first-order chi connectivity index (χ1) is 11.3. The lowest BCUT2D eigenvalue weighted by molar-refractivity contribution is -0.274. The summed E-state index contributed by atoms with van der Waals surface area (Å²) in [6.07, 6.45) is -1.64. The predicted octanol–water partition coefficient (Wildman–Crippen LogP) is 4.57. The minimum absolute atomic E-state index is 0.127. The van der Waals surface area contributed by atoms with E-state index < -0.39 is 6.36 Å². The molecule has 1 N–H and O–H groups in total. The largest absolute Gasteiger partial charge is 0.573 e. The van der Waals surface area contributed by atoms with E-state index in [9.17, 15) is 18.0 Å². The molecule has 0 saturated heterocycles. The van der Waals surface area contributed by atoms with Crippen LogP contribution in [0.5, 0.6) is 5.75 Å². The molecule has 7 heteroatoms. The fourth-order valence-corrected chi connectivity index (χ4v) is 4.34. The first kappa shape index (κ1) is 17.2. The summed E-state index contributed by atoms with van der Waals surface area (Å²) in [5.41, 5.74) is 1.79. The molecular formula is C17H18F3NO2S. The number of alkyl halides is 3. The van der Waals surface area contributed by atoms with Crippen LogP contribution in [-0.4, -0.2) is 17.8 Å². The van der Waals surface area contributed by atoms with Gasteiger partial charge in [-0.2, -0.15) is 0 Å². The molecule has 2 heterocycles. The van der Waals surface area contributed by atoms with Crippen LogP contribution in [0.25, 0.3) is 0 Å². The van der Waals surface area contributed by atoms with Gasteiger partial charge < -0.3 is 10.1 Å². The van der Waals surface area contributed by atoms with Crippen molar-refractivity contribution in [3.8, 4) is 5.75 Å². The standard InChI is InChI=1S/C17H18F3NO2S/c1-3-16(4-2)9-11-7-10-5-6-12(23-17(18,19)20)8-13(10)24-14(11)15(22)21-16/h5-6,8H,3-4,7,9H2,1-2H3,(H,21,22). The van der Waals surface area contributed by atoms with Gasteiger partial charge in [-0.25, -0.2) is 0 Å². The first-order valence-electron chi connectivity index (χ1n) is 7.86. The molecule has 2 aliphatic heterocycles. The normalized spacial score (nSPS) is 19.5. The van der Waals surface area contributed by atoms with Gasteiger partial charge in [0.2, 0.25) is 0 Å². The molecule has 24 heavy (non-hydrogen) atoms. The number of hydrogen-bond acceptors (Lipinski definition) is 3. The van der Waals surface area contributed by atoms with Crippen LogP contribution in [0.1, 0.15) is 38.7 Å². The third kappa shape index (κ3) is 3.27. The third-order valence-corrected chi connectivity index (χ3v) is 5.98. The second-order valence-corrected chi connectivity index (χ2v) is 7.20. The van der Waals surface area contributed by atoms with Gasteiger partial charge in [0.15, 0.2) is 0 Å². The highest BCUT2D eigenvalue weighted by Gasteiger charge is 2.39. The highest BCUT2D eigenvalue weighted by Crippen LogP contribution is 2.45. The van der Waals surface area contributed by atoms with Gasteiger partial charge >= 0.3 is 6.36 Å². The Balaban J connectivity index is 1.89. The lowest BCUT2D eigenvalue weighted by Crippen LogP contribution is -2.51. The van der Waals surface area contributed by atoms with Crippen molar-refractivity contribution in [3.63, 3.8) is 0 Å². The predicted molar refractivity (Wildman–Crippen MR) is 85.8 cm³/mol. The van der Waals surface area contributed by atoms with Gasteiger partial charge in [-0.15, -0.1) is 13.2 Å². The maximum absolute atomic E-state index is 12.5. The number of ether oxygens (including phenoxy) is 1. The van der Waals surface area contributed by atoms with E-state index in [2.05, 4.69) is 23.9 Å². The van der Waals surface area contributed by atoms with E-state index >= 15 is 0 Å². The second-order valence-electron chi connectivity index (χ2n) is 6.15. The van der Waals surface area contributed by atoms with E-state index in [4.69, 9.17) is 0 Å². The summed E-state index contributed by atoms with van der Waals surface area (Å²) in [4.78, 5) is 13.7. The number of hydrogen-bond donors (Lipinski definition) is 1. The zero-order valence-electron chi connectivity index (χ0n) is 13.4. The average Bonchev–Trinajstić information content (AvgIpc) is 2.52. The summed E-state index contributed by atoms with van der Waals surface area (Å²) >= 11 is 1.23. The van der Waals surface area contributed by atoms with Crippen LogP contribution in [0, 0.1) is 0 Å². The van der Waals surface area contributed by atoms with Crippen molar-refractivity contribution in [2.24, 2.45) is 0 Å². The number of amides is 1. The van der Waals surface area contributed by atoms with Crippen LogP contribution in [0.2, 0.25) is 0 Å². The van der Waals surface area contributed by atoms with Gasteiger partial charge in [-0.1, -0.05) is 31.7 Å². The van der Waals surface area contributed by atoms with Crippen LogP contribution in [0.4, 0.5) is 13.2 Å². The number of thioether (sulfide) groups is 1. The highest BCUT2D eigenvalue weighted by atomic mass is 32.2. The zero-order chi connectivity index (χ0) is 17.5. The molecule has 0 atom stereocenters. The van der Waals surface area contributed by atoms with Crippen molar-refractivity contribution in [1.82, 2.24) is 5.32 Å². The molecule has 0 unspecified atom stereocenters. The molecule has 0 saturated carbocycles. The zero-order valence-corrected chi connectivity index (χ0v) is 14.2. The van der Waals surface area contributed by atoms with Gasteiger partial charge in [-0.3, -0.25) is 4.79 Å². The van der Waals surface area contributed by atoms with E-state index in [0.717, 1.165) is 30.4 Å². The average molecular weight is 357 g/mol. The molecule has 1 amide bonds. The molecule has 0 radical (unpaired) electrons. The van der Waals surface area contributed by atoms with Gasteiger partial charge in [0.05, 0.1) is 4.91 Å². The number of carbonyl (C=O) groups is 1. The van der Waals surface area contributed by atoms with Crippen molar-refractivity contribution in [3.05, 3.63) is 34.2 Å². The summed E-state index contributed by atoms with van der Waals surface area (Å²) in [5, 5.41) is 3.08. The Hall–Kier alpha value is -1.63. The lowest BCUT2D eigenvalue weighted by Gasteiger charge is -2.40. The maximum Gasteiger partial charge on any atom is 0.573 e. The van der Waals surface area contributed by atoms with Crippen LogP contribution >= 0.6 is 11.8 Å². The molecule has 0 bridgehead atoms. The summed E-state index contributed by atoms with van der Waals surface area (Å²) < 4.78 is 41.1. The van der Waals surface area contributed by atoms with Crippen molar-refractivity contribution in [2.75, 3.05) is 0 Å². The highest BCUT2D eigenvalue weighted by molar-refractivity contribution is 8.04. The topological polar surface area (TPSA) is 38.3 Å². The number of fused-ring (bicyclic) bond motifs is 1. The Kier molecular flexibility index (Phi) is 4.32. The molecule has 3 nitrogen and oxygen atoms in total. The van der Waals surface area contributed by atoms with Crippen LogP contribution < -0.4 is 10.1 Å². The number of carbonyl (C=O) groups excluding carboxylic acids is 1. The summed E-state index contributed by atoms with van der Waals surface area (Å²) in [7, 11) is 0. The lowest BCUT2D eigenvalue weighted by atomic mass is 9.81. The van der Waals surface area contributed by atoms with Crippen molar-refractivity contribution in [1.29, 1.82) is 0 Å². The summed E-state index contributed by atoms with van der Waals surface area (Å²) in [5.74, 6) is -0.386. The van der Waals surface area contributed by atoms with Crippen molar-refractivity contribution in [2.45, 2.75) is 56.3 Å². The van der Waals surface area contributed by atoms with Gasteiger partial charge in [-0.05, 0) is 49.0 Å². The maximum atomic E-state index is 12.5. The van der Waals surface area contributed by atoms with Crippen LogP contribution in [0.15, 0.2) is 33.6 Å². The Morgan fingerprint density at radius 3 is 2.62 bits per heavy atom. The molecule has 2 aliphatic rings. The third-order valence-electron chi connectivity index (χ3n) is 4.70. The number of nitrogens with one attached hydrogen (secondary N) is 1. The molecule has 0 aromatic heterocycles. The van der Waals surface area contributed by atoms with E-state index in [-0.39, 0.29) is 17.2 Å². The molecule has 0 aliphatic carbocycles. The quantitative estimate of drug-likeness (QED) is 0.861. The molecular weight excluding hydrogens is 339 g/mol.